The van der Waals surface area contributed by atoms with Crippen LogP contribution in [0.15, 0.2) is 36.7 Å². The number of aryl methyl sites for hydroxylation is 1. The molecule has 0 bridgehead atoms. The van der Waals surface area contributed by atoms with Gasteiger partial charge in [0.1, 0.15) is 11.5 Å². The lowest BCUT2D eigenvalue weighted by molar-refractivity contribution is 0.0922. The van der Waals surface area contributed by atoms with Crippen molar-refractivity contribution in [2.45, 2.75) is 51.6 Å². The maximum absolute atomic E-state index is 12.2. The fourth-order valence-electron chi connectivity index (χ4n) is 3.04. The van der Waals surface area contributed by atoms with E-state index in [4.69, 9.17) is 0 Å². The number of carbonyl (C=O) groups is 1. The molecule has 0 aliphatic heterocycles. The van der Waals surface area contributed by atoms with Crippen molar-refractivity contribution < 1.29 is 4.79 Å². The van der Waals surface area contributed by atoms with Gasteiger partial charge in [0, 0.05) is 12.6 Å². The van der Waals surface area contributed by atoms with Gasteiger partial charge < -0.3 is 10.6 Å². The monoisotopic (exact) mass is 324 g/mol. The molecule has 1 fully saturated rings. The minimum absolute atomic E-state index is 0.125. The highest BCUT2D eigenvalue weighted by Crippen LogP contribution is 2.17. The van der Waals surface area contributed by atoms with Crippen molar-refractivity contribution in [3.05, 3.63) is 53.5 Å². The molecule has 1 amide bonds. The van der Waals surface area contributed by atoms with E-state index in [0.29, 0.717) is 18.1 Å². The Labute approximate surface area is 142 Å². The number of nitrogens with zero attached hydrogens (tertiary/aromatic N) is 2. The minimum atomic E-state index is -0.125. The van der Waals surface area contributed by atoms with E-state index < -0.39 is 0 Å². The van der Waals surface area contributed by atoms with Gasteiger partial charge >= 0.3 is 0 Å². The van der Waals surface area contributed by atoms with Crippen molar-refractivity contribution in [3.63, 3.8) is 0 Å². The zero-order valence-corrected chi connectivity index (χ0v) is 14.1. The smallest absolute Gasteiger partial charge is 0.271 e. The van der Waals surface area contributed by atoms with E-state index in [-0.39, 0.29) is 11.9 Å². The topological polar surface area (TPSA) is 66.9 Å². The van der Waals surface area contributed by atoms with Crippen LogP contribution in [0, 0.1) is 6.92 Å². The third-order valence-corrected chi connectivity index (χ3v) is 4.55. The van der Waals surface area contributed by atoms with E-state index in [1.54, 1.807) is 12.4 Å². The summed E-state index contributed by atoms with van der Waals surface area (Å²) in [6.45, 7) is 2.77. The fourth-order valence-corrected chi connectivity index (χ4v) is 3.04. The van der Waals surface area contributed by atoms with Gasteiger partial charge in [-0.2, -0.15) is 0 Å². The van der Waals surface area contributed by atoms with E-state index in [2.05, 4.69) is 39.7 Å². The number of anilines is 1. The molecule has 1 saturated carbocycles. The first-order chi connectivity index (χ1) is 11.7. The van der Waals surface area contributed by atoms with E-state index in [9.17, 15) is 4.79 Å². The van der Waals surface area contributed by atoms with Crippen molar-refractivity contribution in [1.82, 2.24) is 15.3 Å². The molecule has 126 valence electrons. The van der Waals surface area contributed by atoms with E-state index in [1.165, 1.54) is 30.4 Å². The number of carbonyl (C=O) groups excluding carboxylic acids is 1. The lowest BCUT2D eigenvalue weighted by Crippen LogP contribution is -2.36. The van der Waals surface area contributed by atoms with Crippen LogP contribution in [0.1, 0.15) is 53.7 Å². The molecule has 3 rings (SSSR count). The number of nitrogens with one attached hydrogen (secondary N) is 2. The molecule has 0 unspecified atom stereocenters. The summed E-state index contributed by atoms with van der Waals surface area (Å²) in [4.78, 5) is 20.8. The van der Waals surface area contributed by atoms with E-state index >= 15 is 0 Å². The number of amides is 1. The Hall–Kier alpha value is -2.43. The van der Waals surface area contributed by atoms with E-state index in [0.717, 1.165) is 12.8 Å². The summed E-state index contributed by atoms with van der Waals surface area (Å²) in [7, 11) is 0. The summed E-state index contributed by atoms with van der Waals surface area (Å²) >= 11 is 0. The number of hydrogen-bond acceptors (Lipinski definition) is 4. The number of hydrogen-bond donors (Lipinski definition) is 2. The Bertz CT molecular complexity index is 678. The minimum Gasteiger partial charge on any atom is -0.365 e. The average Bonchev–Trinajstić information content (AvgIpc) is 2.62. The Morgan fingerprint density at radius 1 is 1.12 bits per heavy atom. The number of aromatic nitrogens is 2. The molecule has 5 nitrogen and oxygen atoms in total. The second kappa shape index (κ2) is 7.90. The van der Waals surface area contributed by atoms with Gasteiger partial charge in [-0.05, 0) is 30.9 Å². The molecule has 5 heteroatoms. The SMILES string of the molecule is Cc1ccccc1CNc1cnc(C(=O)NC2CCCCC2)cn1. The van der Waals surface area contributed by atoms with Crippen molar-refractivity contribution >= 4 is 11.7 Å². The standard InChI is InChI=1S/C19H24N4O/c1-14-7-5-6-8-15(14)11-21-18-13-20-17(12-22-18)19(24)23-16-9-3-2-4-10-16/h5-8,12-13,16H,2-4,9-11H2,1H3,(H,21,22)(H,23,24). The van der Waals surface area contributed by atoms with Crippen LogP contribution < -0.4 is 10.6 Å². The molecule has 1 heterocycles. The number of rotatable bonds is 5. The lowest BCUT2D eigenvalue weighted by Gasteiger charge is -2.22. The molecule has 1 aromatic carbocycles. The molecular weight excluding hydrogens is 300 g/mol. The summed E-state index contributed by atoms with van der Waals surface area (Å²) in [5.74, 6) is 0.548. The van der Waals surface area contributed by atoms with Crippen molar-refractivity contribution in [3.8, 4) is 0 Å². The quantitative estimate of drug-likeness (QED) is 0.884. The van der Waals surface area contributed by atoms with Crippen LogP contribution in [0.5, 0.6) is 0 Å². The van der Waals surface area contributed by atoms with Crippen LogP contribution in [0.2, 0.25) is 0 Å². The fraction of sp³-hybridized carbons (Fsp3) is 0.421. The zero-order valence-electron chi connectivity index (χ0n) is 14.1. The second-order valence-electron chi connectivity index (χ2n) is 6.38. The first-order valence-corrected chi connectivity index (χ1v) is 8.63. The molecule has 0 spiro atoms. The molecule has 24 heavy (non-hydrogen) atoms. The van der Waals surface area contributed by atoms with Gasteiger partial charge in [0.2, 0.25) is 0 Å². The first kappa shape index (κ1) is 16.4. The predicted octanol–water partition coefficient (Wildman–Crippen LogP) is 3.46. The van der Waals surface area contributed by atoms with Crippen LogP contribution in [0.3, 0.4) is 0 Å². The third-order valence-electron chi connectivity index (χ3n) is 4.55. The summed E-state index contributed by atoms with van der Waals surface area (Å²) < 4.78 is 0. The van der Waals surface area contributed by atoms with Gasteiger partial charge in [-0.3, -0.25) is 4.79 Å². The third kappa shape index (κ3) is 4.31. The molecule has 2 aromatic rings. The van der Waals surface area contributed by atoms with Crippen LogP contribution in [-0.4, -0.2) is 21.9 Å². The van der Waals surface area contributed by atoms with E-state index in [1.807, 2.05) is 12.1 Å². The van der Waals surface area contributed by atoms with Gasteiger partial charge in [-0.1, -0.05) is 43.5 Å². The second-order valence-corrected chi connectivity index (χ2v) is 6.38. The van der Waals surface area contributed by atoms with Crippen LogP contribution in [-0.2, 0) is 6.54 Å². The van der Waals surface area contributed by atoms with Gasteiger partial charge in [0.25, 0.3) is 5.91 Å². The van der Waals surface area contributed by atoms with Crippen molar-refractivity contribution in [2.24, 2.45) is 0 Å². The van der Waals surface area contributed by atoms with Crippen LogP contribution in [0.25, 0.3) is 0 Å². The van der Waals surface area contributed by atoms with Crippen molar-refractivity contribution in [2.75, 3.05) is 5.32 Å². The molecule has 0 radical (unpaired) electrons. The molecule has 1 aliphatic rings. The van der Waals surface area contributed by atoms with Gasteiger partial charge in [0.15, 0.2) is 0 Å². The first-order valence-electron chi connectivity index (χ1n) is 8.63. The van der Waals surface area contributed by atoms with Crippen LogP contribution >= 0.6 is 0 Å². The normalized spacial score (nSPS) is 15.0. The van der Waals surface area contributed by atoms with Gasteiger partial charge in [-0.15, -0.1) is 0 Å². The largest absolute Gasteiger partial charge is 0.365 e. The molecular formula is C19H24N4O. The maximum Gasteiger partial charge on any atom is 0.271 e. The molecule has 0 atom stereocenters. The summed E-state index contributed by atoms with van der Waals surface area (Å²) in [5, 5.41) is 6.30. The molecule has 1 aliphatic carbocycles. The Morgan fingerprint density at radius 3 is 2.62 bits per heavy atom. The van der Waals surface area contributed by atoms with Gasteiger partial charge in [0.05, 0.1) is 12.4 Å². The van der Waals surface area contributed by atoms with Crippen molar-refractivity contribution in [1.29, 1.82) is 0 Å². The van der Waals surface area contributed by atoms with Crippen LogP contribution in [0.4, 0.5) is 5.82 Å². The molecule has 1 aromatic heterocycles. The maximum atomic E-state index is 12.2. The summed E-state index contributed by atoms with van der Waals surface area (Å²) in [5.41, 5.74) is 2.84. The molecule has 2 N–H and O–H groups in total. The average molecular weight is 324 g/mol. The number of benzene rings is 1. The van der Waals surface area contributed by atoms with Gasteiger partial charge in [-0.25, -0.2) is 9.97 Å². The molecule has 0 saturated heterocycles. The Morgan fingerprint density at radius 2 is 1.92 bits per heavy atom. The highest BCUT2D eigenvalue weighted by Gasteiger charge is 2.17. The summed E-state index contributed by atoms with van der Waals surface area (Å²) in [6, 6.07) is 8.50. The predicted molar refractivity (Wildman–Crippen MR) is 94.9 cm³/mol. The lowest BCUT2D eigenvalue weighted by atomic mass is 9.95. The highest BCUT2D eigenvalue weighted by atomic mass is 16.1. The Kier molecular flexibility index (Phi) is 5.41. The zero-order chi connectivity index (χ0) is 16.8. The Balaban J connectivity index is 1.54. The highest BCUT2D eigenvalue weighted by molar-refractivity contribution is 5.92. The summed E-state index contributed by atoms with van der Waals surface area (Å²) in [6.07, 6.45) is 8.95.